The second-order valence-corrected chi connectivity index (χ2v) is 30.1. The van der Waals surface area contributed by atoms with Crippen molar-refractivity contribution in [3.05, 3.63) is 0 Å². The lowest BCUT2D eigenvalue weighted by atomic mass is 10.0. The van der Waals surface area contributed by atoms with Gasteiger partial charge in [-0.1, -0.05) is 336 Å². The van der Waals surface area contributed by atoms with Crippen molar-refractivity contribution >= 4 is 39.5 Å². The Kier molecular flexibility index (Phi) is 65.9. The predicted octanol–water partition coefficient (Wildman–Crippen LogP) is 21.7. The number of rotatable bonds is 74. The van der Waals surface area contributed by atoms with E-state index in [0.29, 0.717) is 25.7 Å². The van der Waals surface area contributed by atoms with Crippen molar-refractivity contribution in [1.29, 1.82) is 0 Å². The number of unbranched alkanes of at least 4 members (excludes halogenated alkanes) is 46. The van der Waals surface area contributed by atoms with Crippen LogP contribution in [0.1, 0.15) is 388 Å². The summed E-state index contributed by atoms with van der Waals surface area (Å²) in [6.45, 7) is 7.23. The topological polar surface area (TPSA) is 237 Å². The quantitative estimate of drug-likeness (QED) is 0.0222. The van der Waals surface area contributed by atoms with E-state index in [1.807, 2.05) is 0 Å². The number of carbonyl (C=O) groups excluding carboxylic acids is 4. The van der Waals surface area contributed by atoms with Gasteiger partial charge < -0.3 is 33.8 Å². The second kappa shape index (κ2) is 67.3. The summed E-state index contributed by atoms with van der Waals surface area (Å²) in [6.07, 6.45) is 55.5. The Morgan fingerprint density at radius 3 is 0.731 bits per heavy atom. The molecular formula is C74H144O17P2. The molecular weight excluding hydrogens is 1220 g/mol. The molecule has 19 heteroatoms. The van der Waals surface area contributed by atoms with Gasteiger partial charge in [-0.15, -0.1) is 0 Å². The van der Waals surface area contributed by atoms with Gasteiger partial charge >= 0.3 is 39.5 Å². The molecule has 0 bridgehead atoms. The van der Waals surface area contributed by atoms with Crippen LogP contribution in [0, 0.1) is 5.92 Å². The third kappa shape index (κ3) is 68.4. The molecule has 2 unspecified atom stereocenters. The lowest BCUT2D eigenvalue weighted by Crippen LogP contribution is -2.30. The van der Waals surface area contributed by atoms with Crippen molar-refractivity contribution in [2.45, 2.75) is 406 Å². The first-order valence-electron chi connectivity index (χ1n) is 38.6. The van der Waals surface area contributed by atoms with Crippen LogP contribution >= 0.6 is 15.6 Å². The SMILES string of the molecule is CCCCCCCCCCCCCCCCCCCCCCC(=O)O[C@H](COC(=O)CCCCCCCCCCC(C)C)COP(=O)(O)OC[C@@H](O)COP(=O)(O)OC[C@@H](COC(=O)CCCCCCCCCCCCC)OC(=O)CCCCCCCCCCCCC. The molecule has 93 heavy (non-hydrogen) atoms. The van der Waals surface area contributed by atoms with Gasteiger partial charge in [0.25, 0.3) is 0 Å². The average Bonchev–Trinajstić information content (AvgIpc) is 2.01. The highest BCUT2D eigenvalue weighted by molar-refractivity contribution is 7.47. The fraction of sp³-hybridized carbons (Fsp3) is 0.946. The lowest BCUT2D eigenvalue weighted by molar-refractivity contribution is -0.161. The Balaban J connectivity index is 5.19. The van der Waals surface area contributed by atoms with Gasteiger partial charge in [-0.25, -0.2) is 9.13 Å². The van der Waals surface area contributed by atoms with E-state index in [1.165, 1.54) is 212 Å². The molecule has 0 aromatic carbocycles. The third-order valence-corrected chi connectivity index (χ3v) is 19.2. The predicted molar refractivity (Wildman–Crippen MR) is 377 cm³/mol. The Labute approximate surface area is 568 Å². The van der Waals surface area contributed by atoms with E-state index in [2.05, 4.69) is 34.6 Å². The van der Waals surface area contributed by atoms with Gasteiger partial charge in [0, 0.05) is 25.7 Å². The van der Waals surface area contributed by atoms with Gasteiger partial charge in [0.05, 0.1) is 26.4 Å². The number of ether oxygens (including phenoxy) is 4. The molecule has 17 nitrogen and oxygen atoms in total. The Hall–Kier alpha value is -1.94. The number of hydrogen-bond acceptors (Lipinski definition) is 15. The first-order valence-corrected chi connectivity index (χ1v) is 41.6. The maximum absolute atomic E-state index is 13.1. The Morgan fingerprint density at radius 2 is 0.495 bits per heavy atom. The zero-order valence-electron chi connectivity index (χ0n) is 60.4. The average molecular weight is 1370 g/mol. The molecule has 0 aliphatic carbocycles. The molecule has 0 aromatic heterocycles. The molecule has 0 aliphatic rings. The van der Waals surface area contributed by atoms with Crippen LogP contribution in [0.5, 0.6) is 0 Å². The zero-order chi connectivity index (χ0) is 68.4. The number of phosphoric ester groups is 2. The summed E-state index contributed by atoms with van der Waals surface area (Å²) in [5, 5.41) is 10.6. The Bertz CT molecular complexity index is 1790. The van der Waals surface area contributed by atoms with E-state index in [0.717, 1.165) is 95.8 Å². The van der Waals surface area contributed by atoms with E-state index in [4.69, 9.17) is 37.0 Å². The number of carbonyl (C=O) groups is 4. The van der Waals surface area contributed by atoms with Crippen molar-refractivity contribution in [2.24, 2.45) is 5.92 Å². The number of aliphatic hydroxyl groups excluding tert-OH is 1. The molecule has 0 saturated heterocycles. The first kappa shape index (κ1) is 91.1. The highest BCUT2D eigenvalue weighted by atomic mass is 31.2. The van der Waals surface area contributed by atoms with E-state index < -0.39 is 97.5 Å². The van der Waals surface area contributed by atoms with Gasteiger partial charge in [0.1, 0.15) is 19.3 Å². The van der Waals surface area contributed by atoms with Crippen LogP contribution in [-0.2, 0) is 65.4 Å². The Morgan fingerprint density at radius 1 is 0.290 bits per heavy atom. The van der Waals surface area contributed by atoms with Gasteiger partial charge in [0.15, 0.2) is 12.2 Å². The zero-order valence-corrected chi connectivity index (χ0v) is 62.2. The maximum Gasteiger partial charge on any atom is 0.472 e. The van der Waals surface area contributed by atoms with Crippen molar-refractivity contribution in [3.63, 3.8) is 0 Å². The summed E-state index contributed by atoms with van der Waals surface area (Å²) in [5.41, 5.74) is 0. The van der Waals surface area contributed by atoms with E-state index >= 15 is 0 Å². The van der Waals surface area contributed by atoms with Crippen molar-refractivity contribution in [2.75, 3.05) is 39.6 Å². The minimum Gasteiger partial charge on any atom is -0.462 e. The largest absolute Gasteiger partial charge is 0.472 e. The number of phosphoric acid groups is 2. The molecule has 0 rings (SSSR count). The minimum atomic E-state index is -4.95. The van der Waals surface area contributed by atoms with Crippen LogP contribution in [0.3, 0.4) is 0 Å². The molecule has 0 amide bonds. The standard InChI is InChI=1S/C74H144O17P2/c1-6-9-12-15-18-21-24-25-26-27-28-29-30-31-32-35-38-45-50-55-60-74(79)91-70(64-85-72(77)58-53-48-43-40-39-41-46-51-56-67(4)5)66-89-93(82,83)87-62-68(75)61-86-92(80,81)88-65-69(90-73(78)59-54-49-44-37-34-23-20-17-14-11-8-3)63-84-71(76)57-52-47-42-36-33-22-19-16-13-10-7-2/h67-70,75H,6-66H2,1-5H3,(H,80,81)(H,82,83)/t68-,69+,70+/m0/s1. The first-order chi connectivity index (χ1) is 45.0. The van der Waals surface area contributed by atoms with Crippen molar-refractivity contribution in [1.82, 2.24) is 0 Å². The molecule has 5 atom stereocenters. The van der Waals surface area contributed by atoms with E-state index in [9.17, 15) is 43.2 Å². The van der Waals surface area contributed by atoms with E-state index in [-0.39, 0.29) is 25.7 Å². The fourth-order valence-corrected chi connectivity index (χ4v) is 12.9. The molecule has 0 spiro atoms. The van der Waals surface area contributed by atoms with Gasteiger partial charge in [-0.05, 0) is 31.6 Å². The lowest BCUT2D eigenvalue weighted by Gasteiger charge is -2.21. The molecule has 0 aromatic rings. The highest BCUT2D eigenvalue weighted by Gasteiger charge is 2.30. The summed E-state index contributed by atoms with van der Waals surface area (Å²) in [4.78, 5) is 72.7. The van der Waals surface area contributed by atoms with Crippen LogP contribution in [0.2, 0.25) is 0 Å². The maximum atomic E-state index is 13.1. The molecule has 3 N–H and O–H groups in total. The van der Waals surface area contributed by atoms with Gasteiger partial charge in [-0.3, -0.25) is 37.3 Å². The molecule has 0 saturated carbocycles. The van der Waals surface area contributed by atoms with Crippen LogP contribution in [0.4, 0.5) is 0 Å². The normalized spacial score (nSPS) is 14.0. The molecule has 552 valence electrons. The number of hydrogen-bond donors (Lipinski definition) is 3. The fourth-order valence-electron chi connectivity index (χ4n) is 11.4. The summed E-state index contributed by atoms with van der Waals surface area (Å²) in [5.74, 6) is -1.39. The highest BCUT2D eigenvalue weighted by Crippen LogP contribution is 2.45. The summed E-state index contributed by atoms with van der Waals surface area (Å²) in [7, 11) is -9.90. The van der Waals surface area contributed by atoms with E-state index in [1.54, 1.807) is 0 Å². The van der Waals surface area contributed by atoms with Gasteiger partial charge in [0.2, 0.25) is 0 Å². The summed E-state index contributed by atoms with van der Waals surface area (Å²) in [6, 6.07) is 0. The van der Waals surface area contributed by atoms with Gasteiger partial charge in [-0.2, -0.15) is 0 Å². The van der Waals surface area contributed by atoms with Crippen LogP contribution in [0.15, 0.2) is 0 Å². The molecule has 0 fully saturated rings. The summed E-state index contributed by atoms with van der Waals surface area (Å²) < 4.78 is 68.4. The molecule has 0 radical (unpaired) electrons. The number of esters is 4. The number of aliphatic hydroxyl groups is 1. The smallest absolute Gasteiger partial charge is 0.462 e. The van der Waals surface area contributed by atoms with Crippen molar-refractivity contribution < 1.29 is 80.2 Å². The third-order valence-electron chi connectivity index (χ3n) is 17.3. The summed E-state index contributed by atoms with van der Waals surface area (Å²) >= 11 is 0. The van der Waals surface area contributed by atoms with Crippen LogP contribution < -0.4 is 0 Å². The molecule has 0 aliphatic heterocycles. The minimum absolute atomic E-state index is 0.107. The van der Waals surface area contributed by atoms with Crippen LogP contribution in [-0.4, -0.2) is 96.7 Å². The second-order valence-electron chi connectivity index (χ2n) is 27.2. The van der Waals surface area contributed by atoms with Crippen LogP contribution in [0.25, 0.3) is 0 Å². The monoisotopic (exact) mass is 1370 g/mol. The van der Waals surface area contributed by atoms with Crippen molar-refractivity contribution in [3.8, 4) is 0 Å². The molecule has 0 heterocycles.